The van der Waals surface area contributed by atoms with E-state index >= 15 is 0 Å². The van der Waals surface area contributed by atoms with Gasteiger partial charge in [-0.15, -0.1) is 0 Å². The SMILES string of the molecule is CCN(CCOC)c1cccc2oc(B(O)O)cc12. The number of anilines is 1. The van der Waals surface area contributed by atoms with Gasteiger partial charge in [0.05, 0.1) is 6.61 Å². The fourth-order valence-electron chi connectivity index (χ4n) is 2.12. The number of methoxy groups -OCH3 is 1. The molecule has 0 fully saturated rings. The Balaban J connectivity index is 2.41. The van der Waals surface area contributed by atoms with E-state index < -0.39 is 7.12 Å². The number of rotatable bonds is 6. The summed E-state index contributed by atoms with van der Waals surface area (Å²) in [6, 6.07) is 7.37. The molecule has 1 heterocycles. The molecule has 0 unspecified atom stereocenters. The van der Waals surface area contributed by atoms with Crippen LogP contribution in [-0.2, 0) is 4.74 Å². The minimum atomic E-state index is -1.59. The molecule has 1 aromatic carbocycles. The highest BCUT2D eigenvalue weighted by Crippen LogP contribution is 2.26. The quantitative estimate of drug-likeness (QED) is 0.746. The molecule has 102 valence electrons. The first-order chi connectivity index (χ1) is 9.17. The zero-order chi connectivity index (χ0) is 13.8. The molecule has 0 atom stereocenters. The van der Waals surface area contributed by atoms with Crippen molar-refractivity contribution in [2.75, 3.05) is 31.7 Å². The molecule has 0 saturated heterocycles. The Kier molecular flexibility index (Phi) is 4.47. The maximum absolute atomic E-state index is 9.18. The van der Waals surface area contributed by atoms with E-state index in [0.29, 0.717) is 12.2 Å². The molecule has 19 heavy (non-hydrogen) atoms. The van der Waals surface area contributed by atoms with Gasteiger partial charge in [-0.1, -0.05) is 6.07 Å². The lowest BCUT2D eigenvalue weighted by atomic mass is 9.88. The van der Waals surface area contributed by atoms with Crippen LogP contribution in [-0.4, -0.2) is 44.0 Å². The van der Waals surface area contributed by atoms with Crippen LogP contribution in [0.3, 0.4) is 0 Å². The number of likely N-dealkylation sites (N-methyl/N-ethyl adjacent to an activating group) is 1. The van der Waals surface area contributed by atoms with Gasteiger partial charge in [-0.25, -0.2) is 0 Å². The zero-order valence-corrected chi connectivity index (χ0v) is 11.2. The normalized spacial score (nSPS) is 10.9. The van der Waals surface area contributed by atoms with Crippen molar-refractivity contribution in [3.8, 4) is 0 Å². The maximum atomic E-state index is 9.18. The third kappa shape index (κ3) is 2.92. The van der Waals surface area contributed by atoms with Crippen LogP contribution in [0.2, 0.25) is 0 Å². The van der Waals surface area contributed by atoms with Crippen LogP contribution in [0.1, 0.15) is 6.92 Å². The minimum Gasteiger partial charge on any atom is -0.465 e. The molecular formula is C13H18BNO4. The third-order valence-electron chi connectivity index (χ3n) is 3.10. The summed E-state index contributed by atoms with van der Waals surface area (Å²) in [6.07, 6.45) is 0. The van der Waals surface area contributed by atoms with E-state index in [9.17, 15) is 10.0 Å². The van der Waals surface area contributed by atoms with Crippen molar-refractivity contribution in [3.05, 3.63) is 24.3 Å². The Morgan fingerprint density at radius 2 is 2.16 bits per heavy atom. The lowest BCUT2D eigenvalue weighted by molar-refractivity contribution is 0.205. The summed E-state index contributed by atoms with van der Waals surface area (Å²) in [7, 11) is 0.0845. The van der Waals surface area contributed by atoms with Gasteiger partial charge in [-0.3, -0.25) is 0 Å². The molecule has 0 aliphatic carbocycles. The number of hydrogen-bond acceptors (Lipinski definition) is 5. The van der Waals surface area contributed by atoms with Crippen molar-refractivity contribution in [3.63, 3.8) is 0 Å². The summed E-state index contributed by atoms with van der Waals surface area (Å²) in [6.45, 7) is 4.31. The first kappa shape index (κ1) is 13.9. The highest BCUT2D eigenvalue weighted by molar-refractivity contribution is 6.57. The second-order valence-corrected chi connectivity index (χ2v) is 4.28. The number of furan rings is 1. The van der Waals surface area contributed by atoms with Crippen LogP contribution in [0.25, 0.3) is 11.0 Å². The number of fused-ring (bicyclic) bond motifs is 1. The average molecular weight is 263 g/mol. The summed E-state index contributed by atoms with van der Waals surface area (Å²) in [5.74, 6) is 0. The Bertz CT molecular complexity index is 540. The molecule has 0 saturated carbocycles. The molecule has 2 rings (SSSR count). The first-order valence-corrected chi connectivity index (χ1v) is 6.29. The maximum Gasteiger partial charge on any atom is 0.526 e. The fourth-order valence-corrected chi connectivity index (χ4v) is 2.12. The van der Waals surface area contributed by atoms with Crippen molar-refractivity contribution < 1.29 is 19.2 Å². The van der Waals surface area contributed by atoms with Crippen LogP contribution in [0.4, 0.5) is 5.69 Å². The fraction of sp³-hybridized carbons (Fsp3) is 0.385. The van der Waals surface area contributed by atoms with Crippen molar-refractivity contribution >= 4 is 29.4 Å². The standard InChI is InChI=1S/C13H18BNO4/c1-3-15(7-8-18-2)11-5-4-6-12-10(11)9-13(19-12)14(16)17/h4-6,9,16-17H,3,7-8H2,1-2H3. The summed E-state index contributed by atoms with van der Waals surface area (Å²) in [5, 5.41) is 19.2. The van der Waals surface area contributed by atoms with Crippen LogP contribution >= 0.6 is 0 Å². The highest BCUT2D eigenvalue weighted by Gasteiger charge is 2.19. The zero-order valence-electron chi connectivity index (χ0n) is 11.2. The molecule has 1 aromatic heterocycles. The van der Waals surface area contributed by atoms with Crippen molar-refractivity contribution in [1.29, 1.82) is 0 Å². The summed E-state index contributed by atoms with van der Waals surface area (Å²) in [5.41, 5.74) is 1.81. The molecule has 2 aromatic rings. The number of ether oxygens (including phenoxy) is 1. The second-order valence-electron chi connectivity index (χ2n) is 4.28. The molecule has 0 spiro atoms. The van der Waals surface area contributed by atoms with Crippen LogP contribution in [0.15, 0.2) is 28.7 Å². The van der Waals surface area contributed by atoms with E-state index in [1.54, 1.807) is 13.2 Å². The smallest absolute Gasteiger partial charge is 0.465 e. The van der Waals surface area contributed by atoms with Gasteiger partial charge in [-0.2, -0.15) is 0 Å². The number of hydrogen-bond donors (Lipinski definition) is 2. The molecule has 0 radical (unpaired) electrons. The topological polar surface area (TPSA) is 66.1 Å². The van der Waals surface area contributed by atoms with E-state index in [0.717, 1.165) is 24.2 Å². The predicted octanol–water partition coefficient (Wildman–Crippen LogP) is 0.585. The van der Waals surface area contributed by atoms with E-state index in [-0.39, 0.29) is 5.66 Å². The molecular weight excluding hydrogens is 245 g/mol. The van der Waals surface area contributed by atoms with Crippen molar-refractivity contribution in [1.82, 2.24) is 0 Å². The van der Waals surface area contributed by atoms with Gasteiger partial charge in [0, 0.05) is 31.3 Å². The van der Waals surface area contributed by atoms with Gasteiger partial charge in [0.15, 0.2) is 0 Å². The number of nitrogens with zero attached hydrogens (tertiary/aromatic N) is 1. The van der Waals surface area contributed by atoms with Gasteiger partial charge < -0.3 is 24.1 Å². The summed E-state index contributed by atoms with van der Waals surface area (Å²) < 4.78 is 10.5. The van der Waals surface area contributed by atoms with Gasteiger partial charge in [0.25, 0.3) is 0 Å². The van der Waals surface area contributed by atoms with Crippen LogP contribution in [0, 0.1) is 0 Å². The van der Waals surface area contributed by atoms with E-state index in [4.69, 9.17) is 9.15 Å². The van der Waals surface area contributed by atoms with E-state index in [1.165, 1.54) is 0 Å². The predicted molar refractivity (Wildman–Crippen MR) is 75.8 cm³/mol. The minimum absolute atomic E-state index is 0.158. The van der Waals surface area contributed by atoms with Gasteiger partial charge in [0.1, 0.15) is 11.2 Å². The molecule has 5 nitrogen and oxygen atoms in total. The lowest BCUT2D eigenvalue weighted by Crippen LogP contribution is -2.28. The Labute approximate surface area is 112 Å². The Morgan fingerprint density at radius 3 is 2.79 bits per heavy atom. The van der Waals surface area contributed by atoms with Crippen molar-refractivity contribution in [2.45, 2.75) is 6.92 Å². The van der Waals surface area contributed by atoms with Crippen LogP contribution in [0.5, 0.6) is 0 Å². The summed E-state index contributed by atoms with van der Waals surface area (Å²) in [4.78, 5) is 2.16. The Hall–Kier alpha value is -1.50. The largest absolute Gasteiger partial charge is 0.526 e. The van der Waals surface area contributed by atoms with Gasteiger partial charge in [-0.05, 0) is 25.1 Å². The second kappa shape index (κ2) is 6.10. The third-order valence-corrected chi connectivity index (χ3v) is 3.10. The highest BCUT2D eigenvalue weighted by atomic mass is 16.5. The van der Waals surface area contributed by atoms with Crippen LogP contribution < -0.4 is 10.6 Å². The van der Waals surface area contributed by atoms with E-state index in [1.807, 2.05) is 18.2 Å². The lowest BCUT2D eigenvalue weighted by Gasteiger charge is -2.23. The Morgan fingerprint density at radius 1 is 1.37 bits per heavy atom. The average Bonchev–Trinajstić information content (AvgIpc) is 2.84. The molecule has 2 N–H and O–H groups in total. The molecule has 0 aliphatic rings. The van der Waals surface area contributed by atoms with Gasteiger partial charge >= 0.3 is 7.12 Å². The van der Waals surface area contributed by atoms with Gasteiger partial charge in [0.2, 0.25) is 0 Å². The summed E-state index contributed by atoms with van der Waals surface area (Å²) >= 11 is 0. The molecule has 0 amide bonds. The molecule has 0 aliphatic heterocycles. The molecule has 0 bridgehead atoms. The van der Waals surface area contributed by atoms with Crippen molar-refractivity contribution in [2.24, 2.45) is 0 Å². The first-order valence-electron chi connectivity index (χ1n) is 6.29. The van der Waals surface area contributed by atoms with E-state index in [2.05, 4.69) is 11.8 Å². The molecule has 6 heteroatoms. The monoisotopic (exact) mass is 263 g/mol. The number of benzene rings is 1.